The molecule has 7 nitrogen and oxygen atoms in total. The summed E-state index contributed by atoms with van der Waals surface area (Å²) in [4.78, 5) is 21.8. The fraction of sp³-hybridized carbons (Fsp3) is 0.263. The Balaban J connectivity index is 1.37. The van der Waals surface area contributed by atoms with Crippen LogP contribution in [0.15, 0.2) is 52.3 Å². The average Bonchev–Trinajstić information content (AvgIpc) is 3.28. The van der Waals surface area contributed by atoms with E-state index in [0.717, 1.165) is 57.8 Å². The number of nitrogens with zero attached hydrogens (tertiary/aromatic N) is 5. The summed E-state index contributed by atoms with van der Waals surface area (Å²) < 4.78 is 0. The third-order valence-electron chi connectivity index (χ3n) is 4.83. The van der Waals surface area contributed by atoms with Gasteiger partial charge < -0.3 is 4.98 Å². The lowest BCUT2D eigenvalue weighted by molar-refractivity contribution is 0.344. The number of benzene rings is 1. The molecule has 2 aliphatic rings. The summed E-state index contributed by atoms with van der Waals surface area (Å²) in [6, 6.07) is 8.09. The monoisotopic (exact) mass is 345 g/mol. The van der Waals surface area contributed by atoms with Gasteiger partial charge in [-0.3, -0.25) is 15.0 Å². The van der Waals surface area contributed by atoms with Crippen molar-refractivity contribution in [3.8, 4) is 0 Å². The Morgan fingerprint density at radius 3 is 3.00 bits per heavy atom. The van der Waals surface area contributed by atoms with Gasteiger partial charge in [-0.1, -0.05) is 0 Å². The maximum atomic E-state index is 4.80. The van der Waals surface area contributed by atoms with E-state index in [9.17, 15) is 0 Å². The number of pyridine rings is 1. The summed E-state index contributed by atoms with van der Waals surface area (Å²) >= 11 is 0. The highest BCUT2D eigenvalue weighted by molar-refractivity contribution is 6.41. The molecule has 7 heteroatoms. The Morgan fingerprint density at radius 2 is 2.12 bits per heavy atom. The number of aromatic nitrogens is 3. The molecule has 1 unspecified atom stereocenters. The summed E-state index contributed by atoms with van der Waals surface area (Å²) in [5, 5.41) is 3.10. The molecule has 5 rings (SSSR count). The molecule has 0 bridgehead atoms. The largest absolute Gasteiger partial charge is 0.342 e. The van der Waals surface area contributed by atoms with Crippen molar-refractivity contribution in [1.82, 2.24) is 25.4 Å². The molecular weight excluding hydrogens is 326 g/mol. The molecule has 0 fully saturated rings. The Kier molecular flexibility index (Phi) is 3.36. The van der Waals surface area contributed by atoms with Crippen molar-refractivity contribution >= 4 is 33.5 Å². The molecule has 1 atom stereocenters. The summed E-state index contributed by atoms with van der Waals surface area (Å²) in [5.41, 5.74) is 8.43. The lowest BCUT2D eigenvalue weighted by Gasteiger charge is -2.24. The number of hydrogen-bond acceptors (Lipinski definition) is 6. The van der Waals surface area contributed by atoms with E-state index in [1.54, 1.807) is 0 Å². The fourth-order valence-corrected chi connectivity index (χ4v) is 3.47. The van der Waals surface area contributed by atoms with E-state index in [1.807, 2.05) is 49.5 Å². The van der Waals surface area contributed by atoms with Crippen LogP contribution in [0.1, 0.15) is 26.1 Å². The summed E-state index contributed by atoms with van der Waals surface area (Å²) in [5.74, 6) is 1.89. The van der Waals surface area contributed by atoms with Crippen molar-refractivity contribution in [2.75, 3.05) is 0 Å². The van der Waals surface area contributed by atoms with Gasteiger partial charge in [-0.15, -0.1) is 0 Å². The molecule has 0 radical (unpaired) electrons. The molecule has 2 aliphatic heterocycles. The second-order valence-electron chi connectivity index (χ2n) is 6.67. The average molecular weight is 345 g/mol. The van der Waals surface area contributed by atoms with Crippen LogP contribution in [-0.4, -0.2) is 37.7 Å². The minimum absolute atomic E-state index is 0.0308. The van der Waals surface area contributed by atoms with Crippen molar-refractivity contribution in [3.63, 3.8) is 0 Å². The van der Waals surface area contributed by atoms with E-state index in [1.165, 1.54) is 0 Å². The van der Waals surface area contributed by atoms with Crippen LogP contribution in [0.5, 0.6) is 0 Å². The van der Waals surface area contributed by atoms with Crippen molar-refractivity contribution in [1.29, 1.82) is 0 Å². The molecule has 3 aromatic rings. The minimum atomic E-state index is 0.0308. The van der Waals surface area contributed by atoms with Crippen LogP contribution in [0.3, 0.4) is 0 Å². The lowest BCUT2D eigenvalue weighted by Crippen LogP contribution is -2.42. The molecule has 2 aromatic heterocycles. The Hall–Kier alpha value is -3.06. The molecule has 4 heterocycles. The van der Waals surface area contributed by atoms with Crippen molar-refractivity contribution in [2.24, 2.45) is 9.98 Å². The third-order valence-corrected chi connectivity index (χ3v) is 4.83. The Labute approximate surface area is 150 Å². The number of fused-ring (bicyclic) bond motifs is 4. The molecule has 0 spiro atoms. The molecular formula is C19H19N7. The Morgan fingerprint density at radius 1 is 1.19 bits per heavy atom. The number of rotatable bonds is 3. The van der Waals surface area contributed by atoms with E-state index in [4.69, 9.17) is 9.98 Å². The highest BCUT2D eigenvalue weighted by Crippen LogP contribution is 2.23. The number of aliphatic imine (C=N–C) groups is 2. The van der Waals surface area contributed by atoms with E-state index in [-0.39, 0.29) is 6.17 Å². The van der Waals surface area contributed by atoms with Gasteiger partial charge in [0.25, 0.3) is 0 Å². The molecule has 0 aliphatic carbocycles. The standard InChI is InChI=1S/C19H19N7/c1-11-10-21-12(2)19-24-17(25-26(11)19)8-7-16-22-15-6-5-14-13(18(15)23-16)4-3-9-20-14/h3-6,9-10,17,25H,7-8H2,1-2H3,(H,22,23). The minimum Gasteiger partial charge on any atom is -0.342 e. The van der Waals surface area contributed by atoms with Gasteiger partial charge in [0.15, 0.2) is 5.84 Å². The Bertz CT molecular complexity index is 1110. The smallest absolute Gasteiger partial charge is 0.165 e. The van der Waals surface area contributed by atoms with Gasteiger partial charge in [0, 0.05) is 24.2 Å². The van der Waals surface area contributed by atoms with Gasteiger partial charge in [0.2, 0.25) is 0 Å². The van der Waals surface area contributed by atoms with Gasteiger partial charge in [0.05, 0.1) is 28.0 Å². The zero-order valence-electron chi connectivity index (χ0n) is 14.7. The number of H-pyrrole nitrogens is 1. The van der Waals surface area contributed by atoms with E-state index in [2.05, 4.69) is 26.5 Å². The predicted octanol–water partition coefficient (Wildman–Crippen LogP) is 2.92. The van der Waals surface area contributed by atoms with Gasteiger partial charge >= 0.3 is 0 Å². The summed E-state index contributed by atoms with van der Waals surface area (Å²) in [7, 11) is 0. The van der Waals surface area contributed by atoms with Crippen LogP contribution >= 0.6 is 0 Å². The van der Waals surface area contributed by atoms with Crippen molar-refractivity contribution in [2.45, 2.75) is 32.9 Å². The van der Waals surface area contributed by atoms with Crippen LogP contribution in [0.4, 0.5) is 0 Å². The van der Waals surface area contributed by atoms with Gasteiger partial charge in [-0.05, 0) is 44.5 Å². The maximum absolute atomic E-state index is 4.80. The molecule has 26 heavy (non-hydrogen) atoms. The fourth-order valence-electron chi connectivity index (χ4n) is 3.47. The highest BCUT2D eigenvalue weighted by atomic mass is 15.6. The molecule has 0 amide bonds. The van der Waals surface area contributed by atoms with Crippen LogP contribution < -0.4 is 5.43 Å². The van der Waals surface area contributed by atoms with Crippen LogP contribution in [0.25, 0.3) is 21.9 Å². The second-order valence-corrected chi connectivity index (χ2v) is 6.67. The molecule has 0 saturated heterocycles. The number of amidine groups is 1. The first-order valence-corrected chi connectivity index (χ1v) is 8.77. The molecule has 1 aromatic carbocycles. The molecule has 0 saturated carbocycles. The van der Waals surface area contributed by atoms with Crippen molar-refractivity contribution < 1.29 is 0 Å². The SMILES string of the molecule is CC1=CN=C(C)C2=NC(CCc3nc4c(ccc5ncccc54)[nH]3)NN12. The first-order chi connectivity index (χ1) is 12.7. The lowest BCUT2D eigenvalue weighted by atomic mass is 10.2. The van der Waals surface area contributed by atoms with Crippen LogP contribution in [0.2, 0.25) is 0 Å². The van der Waals surface area contributed by atoms with E-state index in [0.29, 0.717) is 0 Å². The number of nitrogens with one attached hydrogen (secondary N) is 2. The second kappa shape index (κ2) is 5.74. The predicted molar refractivity (Wildman–Crippen MR) is 103 cm³/mol. The van der Waals surface area contributed by atoms with Crippen LogP contribution in [-0.2, 0) is 6.42 Å². The summed E-state index contributed by atoms with van der Waals surface area (Å²) in [6.45, 7) is 4.01. The number of hydrogen-bond donors (Lipinski definition) is 2. The van der Waals surface area contributed by atoms with E-state index >= 15 is 0 Å². The van der Waals surface area contributed by atoms with Crippen LogP contribution in [0, 0.1) is 0 Å². The van der Waals surface area contributed by atoms with Crippen molar-refractivity contribution in [3.05, 3.63) is 48.2 Å². The zero-order valence-corrected chi connectivity index (χ0v) is 14.7. The van der Waals surface area contributed by atoms with Gasteiger partial charge in [-0.2, -0.15) is 0 Å². The zero-order chi connectivity index (χ0) is 17.7. The topological polar surface area (TPSA) is 81.6 Å². The number of imidazole rings is 1. The van der Waals surface area contributed by atoms with E-state index < -0.39 is 0 Å². The highest BCUT2D eigenvalue weighted by Gasteiger charge is 2.29. The third kappa shape index (κ3) is 2.40. The molecule has 130 valence electrons. The maximum Gasteiger partial charge on any atom is 0.165 e. The quantitative estimate of drug-likeness (QED) is 0.765. The number of aromatic amines is 1. The van der Waals surface area contributed by atoms with Gasteiger partial charge in [-0.25, -0.2) is 15.4 Å². The summed E-state index contributed by atoms with van der Waals surface area (Å²) in [6.07, 6.45) is 5.38. The number of hydrazine groups is 1. The molecule has 2 N–H and O–H groups in total. The van der Waals surface area contributed by atoms with Gasteiger partial charge in [0.1, 0.15) is 12.0 Å². The first kappa shape index (κ1) is 15.2. The number of aryl methyl sites for hydroxylation is 1. The number of allylic oxidation sites excluding steroid dienone is 1. The first-order valence-electron chi connectivity index (χ1n) is 8.77. The normalized spacial score (nSPS) is 19.5.